The smallest absolute Gasteiger partial charge is 0.338 e. The number of halogens is 1. The highest BCUT2D eigenvalue weighted by Crippen LogP contribution is 2.38. The summed E-state index contributed by atoms with van der Waals surface area (Å²) in [6, 6.07) is 10.7. The lowest BCUT2D eigenvalue weighted by Crippen LogP contribution is -2.35. The molecule has 3 rings (SSSR count). The molecule has 1 atom stereocenters. The summed E-state index contributed by atoms with van der Waals surface area (Å²) in [4.78, 5) is 28.0. The molecule has 0 saturated heterocycles. The van der Waals surface area contributed by atoms with Crippen molar-refractivity contribution in [3.8, 4) is 11.5 Å². The first kappa shape index (κ1) is 21.3. The van der Waals surface area contributed by atoms with Crippen LogP contribution in [0.5, 0.6) is 11.5 Å². The van der Waals surface area contributed by atoms with E-state index in [0.29, 0.717) is 23.3 Å². The summed E-state index contributed by atoms with van der Waals surface area (Å²) in [7, 11) is 2.90. The standard InChI is InChI=1S/C21H22ClNO5S/c1-13-8-9-23(16-6-4-5-7-18(16)29-13)19(24)12-28-21(25)14-10-15(22)20(27-3)17(11-14)26-2/h4-7,10-11,13H,8-9,12H2,1-3H3. The third-order valence-electron chi connectivity index (χ3n) is 4.54. The van der Waals surface area contributed by atoms with Gasteiger partial charge in [0.1, 0.15) is 0 Å². The van der Waals surface area contributed by atoms with Crippen molar-refractivity contribution in [1.29, 1.82) is 0 Å². The highest BCUT2D eigenvalue weighted by molar-refractivity contribution is 8.00. The van der Waals surface area contributed by atoms with Crippen LogP contribution in [-0.4, -0.2) is 44.5 Å². The van der Waals surface area contributed by atoms with Crippen LogP contribution in [0.4, 0.5) is 5.69 Å². The minimum atomic E-state index is -0.660. The Labute approximate surface area is 179 Å². The molecule has 0 radical (unpaired) electrons. The third kappa shape index (κ3) is 4.79. The fourth-order valence-electron chi connectivity index (χ4n) is 3.07. The fourth-order valence-corrected chi connectivity index (χ4v) is 4.47. The zero-order valence-corrected chi connectivity index (χ0v) is 18.0. The molecule has 0 fully saturated rings. The second-order valence-electron chi connectivity index (χ2n) is 6.50. The van der Waals surface area contributed by atoms with Crippen molar-refractivity contribution in [1.82, 2.24) is 0 Å². The molecule has 154 valence electrons. The number of thioether (sulfide) groups is 1. The average Bonchev–Trinajstić information content (AvgIpc) is 2.89. The molecular weight excluding hydrogens is 414 g/mol. The number of hydrogen-bond acceptors (Lipinski definition) is 6. The molecule has 2 aromatic rings. The molecule has 0 bridgehead atoms. The summed E-state index contributed by atoms with van der Waals surface area (Å²) < 4.78 is 15.6. The monoisotopic (exact) mass is 435 g/mol. The first-order valence-corrected chi connectivity index (χ1v) is 10.3. The number of anilines is 1. The Bertz CT molecular complexity index is 920. The van der Waals surface area contributed by atoms with Gasteiger partial charge in [-0.25, -0.2) is 4.79 Å². The molecule has 0 aliphatic carbocycles. The van der Waals surface area contributed by atoms with E-state index in [-0.39, 0.29) is 23.1 Å². The van der Waals surface area contributed by atoms with Crippen molar-refractivity contribution >= 4 is 40.9 Å². The number of ether oxygens (including phenoxy) is 3. The van der Waals surface area contributed by atoms with Gasteiger partial charge in [-0.15, -0.1) is 11.8 Å². The first-order chi connectivity index (χ1) is 13.9. The van der Waals surface area contributed by atoms with E-state index in [1.54, 1.807) is 16.7 Å². The largest absolute Gasteiger partial charge is 0.493 e. The Morgan fingerprint density at radius 1 is 1.21 bits per heavy atom. The lowest BCUT2D eigenvalue weighted by Gasteiger charge is -2.22. The van der Waals surface area contributed by atoms with Crippen LogP contribution in [0, 0.1) is 0 Å². The second-order valence-corrected chi connectivity index (χ2v) is 8.39. The Balaban J connectivity index is 1.72. The number of benzene rings is 2. The fraction of sp³-hybridized carbons (Fsp3) is 0.333. The van der Waals surface area contributed by atoms with Crippen molar-refractivity contribution in [2.24, 2.45) is 0 Å². The number of carbonyl (C=O) groups excluding carboxylic acids is 2. The minimum absolute atomic E-state index is 0.181. The summed E-state index contributed by atoms with van der Waals surface area (Å²) >= 11 is 7.88. The number of esters is 1. The number of rotatable bonds is 5. The summed E-state index contributed by atoms with van der Waals surface area (Å²) in [5.41, 5.74) is 1.03. The van der Waals surface area contributed by atoms with Crippen molar-refractivity contribution in [2.75, 3.05) is 32.3 Å². The van der Waals surface area contributed by atoms with Crippen molar-refractivity contribution in [2.45, 2.75) is 23.5 Å². The Kier molecular flexibility index (Phi) is 6.92. The Morgan fingerprint density at radius 3 is 2.69 bits per heavy atom. The molecule has 29 heavy (non-hydrogen) atoms. The van der Waals surface area contributed by atoms with E-state index in [9.17, 15) is 9.59 Å². The van der Waals surface area contributed by atoms with Crippen LogP contribution < -0.4 is 14.4 Å². The van der Waals surface area contributed by atoms with Gasteiger partial charge < -0.3 is 19.1 Å². The van der Waals surface area contributed by atoms with E-state index < -0.39 is 5.97 Å². The van der Waals surface area contributed by atoms with Crippen molar-refractivity contribution in [3.05, 3.63) is 47.0 Å². The highest BCUT2D eigenvalue weighted by Gasteiger charge is 2.25. The quantitative estimate of drug-likeness (QED) is 0.647. The van der Waals surface area contributed by atoms with E-state index in [1.165, 1.54) is 26.4 Å². The molecule has 1 heterocycles. The molecule has 6 nitrogen and oxygen atoms in total. The van der Waals surface area contributed by atoms with Gasteiger partial charge in [0.2, 0.25) is 0 Å². The lowest BCUT2D eigenvalue weighted by atomic mass is 10.2. The van der Waals surface area contributed by atoms with E-state index in [1.807, 2.05) is 24.3 Å². The maximum atomic E-state index is 12.8. The third-order valence-corrected chi connectivity index (χ3v) is 6.06. The predicted octanol–water partition coefficient (Wildman–Crippen LogP) is 4.43. The molecule has 1 unspecified atom stereocenters. The predicted molar refractivity (Wildman–Crippen MR) is 114 cm³/mol. The SMILES string of the molecule is COc1cc(C(=O)OCC(=O)N2CCC(C)Sc3ccccc32)cc(Cl)c1OC. The maximum absolute atomic E-state index is 12.8. The molecule has 1 aliphatic heterocycles. The summed E-state index contributed by atoms with van der Waals surface area (Å²) in [6.07, 6.45) is 0.852. The average molecular weight is 436 g/mol. The summed E-state index contributed by atoms with van der Waals surface area (Å²) in [5.74, 6) is -0.292. The van der Waals surface area contributed by atoms with Crippen LogP contribution in [0.3, 0.4) is 0 Å². The van der Waals surface area contributed by atoms with Gasteiger partial charge >= 0.3 is 5.97 Å². The maximum Gasteiger partial charge on any atom is 0.338 e. The first-order valence-electron chi connectivity index (χ1n) is 9.09. The number of fused-ring (bicyclic) bond motifs is 1. The molecular formula is C21H22ClNO5S. The zero-order valence-electron chi connectivity index (χ0n) is 16.4. The zero-order chi connectivity index (χ0) is 21.0. The van der Waals surface area contributed by atoms with Crippen LogP contribution >= 0.6 is 23.4 Å². The Morgan fingerprint density at radius 2 is 1.97 bits per heavy atom. The number of methoxy groups -OCH3 is 2. The molecule has 0 aromatic heterocycles. The van der Waals surface area contributed by atoms with Crippen molar-refractivity contribution < 1.29 is 23.8 Å². The van der Waals surface area contributed by atoms with E-state index in [4.69, 9.17) is 25.8 Å². The van der Waals surface area contributed by atoms with E-state index in [2.05, 4.69) is 6.92 Å². The molecule has 2 aromatic carbocycles. The second kappa shape index (κ2) is 9.41. The van der Waals surface area contributed by atoms with Gasteiger partial charge in [0.05, 0.1) is 30.5 Å². The molecule has 8 heteroatoms. The molecule has 0 N–H and O–H groups in total. The van der Waals surface area contributed by atoms with E-state index >= 15 is 0 Å². The molecule has 1 aliphatic rings. The highest BCUT2D eigenvalue weighted by atomic mass is 35.5. The molecule has 0 spiro atoms. The lowest BCUT2D eigenvalue weighted by molar-refractivity contribution is -0.121. The summed E-state index contributed by atoms with van der Waals surface area (Å²) in [6.45, 7) is 2.35. The van der Waals surface area contributed by atoms with Crippen LogP contribution in [0.25, 0.3) is 0 Å². The Hall–Kier alpha value is -2.38. The number of carbonyl (C=O) groups is 2. The van der Waals surface area contributed by atoms with E-state index in [0.717, 1.165) is 17.0 Å². The van der Waals surface area contributed by atoms with Crippen LogP contribution in [-0.2, 0) is 9.53 Å². The van der Waals surface area contributed by atoms with Gasteiger partial charge in [-0.3, -0.25) is 4.79 Å². The van der Waals surface area contributed by atoms with Gasteiger partial charge in [-0.2, -0.15) is 0 Å². The number of nitrogens with zero attached hydrogens (tertiary/aromatic N) is 1. The van der Waals surface area contributed by atoms with Crippen LogP contribution in [0.1, 0.15) is 23.7 Å². The van der Waals surface area contributed by atoms with Gasteiger partial charge in [0.15, 0.2) is 18.1 Å². The summed E-state index contributed by atoms with van der Waals surface area (Å²) in [5, 5.41) is 0.614. The number of para-hydroxylation sites is 1. The minimum Gasteiger partial charge on any atom is -0.493 e. The van der Waals surface area contributed by atoms with Gasteiger partial charge in [-0.05, 0) is 30.7 Å². The normalized spacial score (nSPS) is 15.9. The van der Waals surface area contributed by atoms with Gasteiger partial charge in [0.25, 0.3) is 5.91 Å². The molecule has 0 saturated carbocycles. The topological polar surface area (TPSA) is 65.1 Å². The number of hydrogen-bond donors (Lipinski definition) is 0. The van der Waals surface area contributed by atoms with Crippen LogP contribution in [0.2, 0.25) is 5.02 Å². The molecule has 1 amide bonds. The van der Waals surface area contributed by atoms with Crippen molar-refractivity contribution in [3.63, 3.8) is 0 Å². The van der Waals surface area contributed by atoms with Gasteiger partial charge in [0, 0.05) is 16.7 Å². The van der Waals surface area contributed by atoms with Crippen LogP contribution in [0.15, 0.2) is 41.3 Å². The van der Waals surface area contributed by atoms with Gasteiger partial charge in [-0.1, -0.05) is 30.7 Å². The number of amides is 1.